The predicted molar refractivity (Wildman–Crippen MR) is 118 cm³/mol. The highest BCUT2D eigenvalue weighted by atomic mass is 32.2. The number of halogens is 1. The number of nitrogens with one attached hydrogen (secondary N) is 1. The van der Waals surface area contributed by atoms with Crippen LogP contribution in [0.25, 0.3) is 15.9 Å². The Kier molecular flexibility index (Phi) is 5.82. The highest BCUT2D eigenvalue weighted by molar-refractivity contribution is 7.99. The normalized spacial score (nSPS) is 10.9. The van der Waals surface area contributed by atoms with Crippen LogP contribution in [0.15, 0.2) is 69.9 Å². The molecular formula is C21H16FN3O3S2. The predicted octanol–water partition coefficient (Wildman–Crippen LogP) is 4.33. The van der Waals surface area contributed by atoms with Crippen molar-refractivity contribution in [2.75, 3.05) is 18.2 Å². The Labute approximate surface area is 179 Å². The number of rotatable bonds is 6. The van der Waals surface area contributed by atoms with Gasteiger partial charge >= 0.3 is 0 Å². The van der Waals surface area contributed by atoms with Gasteiger partial charge in [0.2, 0.25) is 5.91 Å². The van der Waals surface area contributed by atoms with Gasteiger partial charge in [-0.3, -0.25) is 14.2 Å². The molecule has 4 rings (SSSR count). The number of hydrogen-bond donors (Lipinski definition) is 1. The average Bonchev–Trinajstić information content (AvgIpc) is 3.23. The molecule has 0 bridgehead atoms. The molecule has 1 N–H and O–H groups in total. The molecule has 0 saturated heterocycles. The summed E-state index contributed by atoms with van der Waals surface area (Å²) in [6, 6.07) is 14.4. The topological polar surface area (TPSA) is 73.2 Å². The molecule has 1 amide bonds. The number of carbonyl (C=O) groups is 1. The van der Waals surface area contributed by atoms with Gasteiger partial charge in [0.25, 0.3) is 5.56 Å². The summed E-state index contributed by atoms with van der Waals surface area (Å²) in [5.41, 5.74) is 1.40. The monoisotopic (exact) mass is 441 g/mol. The number of fused-ring (bicyclic) bond motifs is 1. The van der Waals surface area contributed by atoms with E-state index < -0.39 is 0 Å². The van der Waals surface area contributed by atoms with E-state index in [1.54, 1.807) is 29.6 Å². The van der Waals surface area contributed by atoms with Gasteiger partial charge in [0.15, 0.2) is 5.16 Å². The van der Waals surface area contributed by atoms with Gasteiger partial charge in [-0.1, -0.05) is 23.9 Å². The third-order valence-corrected chi connectivity index (χ3v) is 6.07. The molecule has 2 aromatic heterocycles. The van der Waals surface area contributed by atoms with E-state index in [1.807, 2.05) is 6.07 Å². The average molecular weight is 442 g/mol. The Balaban J connectivity index is 1.67. The first-order valence-corrected chi connectivity index (χ1v) is 10.7. The molecule has 0 aliphatic rings. The molecule has 6 nitrogen and oxygen atoms in total. The SMILES string of the molecule is COc1ccccc1-n1c(SCC(=O)Nc2ccc(F)cc2)nc2ccsc2c1=O. The van der Waals surface area contributed by atoms with Crippen LogP contribution < -0.4 is 15.6 Å². The standard InChI is InChI=1S/C21H16FN3O3S2/c1-28-17-5-3-2-4-16(17)25-20(27)19-15(10-11-29-19)24-21(25)30-12-18(26)23-14-8-6-13(22)7-9-14/h2-11H,12H2,1H3,(H,23,26). The minimum atomic E-state index is -0.378. The lowest BCUT2D eigenvalue weighted by Gasteiger charge is -2.14. The summed E-state index contributed by atoms with van der Waals surface area (Å²) in [6.45, 7) is 0. The number of methoxy groups -OCH3 is 1. The molecule has 2 heterocycles. The molecule has 0 saturated carbocycles. The van der Waals surface area contributed by atoms with Gasteiger partial charge in [-0.25, -0.2) is 9.37 Å². The van der Waals surface area contributed by atoms with E-state index in [0.29, 0.717) is 32.5 Å². The van der Waals surface area contributed by atoms with Crippen LogP contribution in [0.5, 0.6) is 5.75 Å². The van der Waals surface area contributed by atoms with E-state index in [4.69, 9.17) is 4.74 Å². The quantitative estimate of drug-likeness (QED) is 0.356. The minimum Gasteiger partial charge on any atom is -0.495 e. The number of anilines is 1. The number of thiophene rings is 1. The van der Waals surface area contributed by atoms with Crippen molar-refractivity contribution in [1.29, 1.82) is 0 Å². The van der Waals surface area contributed by atoms with Crippen LogP contribution in [0.1, 0.15) is 0 Å². The maximum Gasteiger partial charge on any atom is 0.276 e. The van der Waals surface area contributed by atoms with Crippen molar-refractivity contribution in [2.24, 2.45) is 0 Å². The fraction of sp³-hybridized carbons (Fsp3) is 0.0952. The van der Waals surface area contributed by atoms with Gasteiger partial charge in [0.1, 0.15) is 16.3 Å². The Hall–Kier alpha value is -3.17. The number of thioether (sulfide) groups is 1. The van der Waals surface area contributed by atoms with Crippen molar-refractivity contribution < 1.29 is 13.9 Å². The van der Waals surface area contributed by atoms with Gasteiger partial charge in [0, 0.05) is 5.69 Å². The highest BCUT2D eigenvalue weighted by Gasteiger charge is 2.18. The molecular weight excluding hydrogens is 425 g/mol. The molecule has 30 heavy (non-hydrogen) atoms. The zero-order valence-corrected chi connectivity index (χ0v) is 17.4. The first kappa shape index (κ1) is 20.1. The lowest BCUT2D eigenvalue weighted by molar-refractivity contribution is -0.113. The van der Waals surface area contributed by atoms with E-state index in [1.165, 1.54) is 47.3 Å². The molecule has 0 fully saturated rings. The number of benzene rings is 2. The van der Waals surface area contributed by atoms with Crippen molar-refractivity contribution >= 4 is 44.9 Å². The molecule has 9 heteroatoms. The second-order valence-electron chi connectivity index (χ2n) is 6.19. The summed E-state index contributed by atoms with van der Waals surface area (Å²) in [4.78, 5) is 30.1. The second-order valence-corrected chi connectivity index (χ2v) is 8.04. The third-order valence-electron chi connectivity index (χ3n) is 4.24. The van der Waals surface area contributed by atoms with Crippen molar-refractivity contribution in [3.05, 3.63) is 76.1 Å². The van der Waals surface area contributed by atoms with Crippen molar-refractivity contribution in [3.8, 4) is 11.4 Å². The van der Waals surface area contributed by atoms with E-state index in [-0.39, 0.29) is 23.0 Å². The maximum atomic E-state index is 13.2. The van der Waals surface area contributed by atoms with E-state index in [9.17, 15) is 14.0 Å². The molecule has 2 aromatic carbocycles. The van der Waals surface area contributed by atoms with E-state index in [2.05, 4.69) is 10.3 Å². The highest BCUT2D eigenvalue weighted by Crippen LogP contribution is 2.28. The number of carbonyl (C=O) groups excluding carboxylic acids is 1. The molecule has 0 aliphatic carbocycles. The Bertz CT molecular complexity index is 1270. The van der Waals surface area contributed by atoms with E-state index in [0.717, 1.165) is 11.8 Å². The van der Waals surface area contributed by atoms with Crippen LogP contribution in [-0.2, 0) is 4.79 Å². The van der Waals surface area contributed by atoms with Gasteiger partial charge in [-0.05, 0) is 47.8 Å². The number of para-hydroxylation sites is 2. The van der Waals surface area contributed by atoms with Crippen molar-refractivity contribution in [1.82, 2.24) is 9.55 Å². The van der Waals surface area contributed by atoms with Crippen molar-refractivity contribution in [3.63, 3.8) is 0 Å². The Morgan fingerprint density at radius 1 is 1.20 bits per heavy atom. The first-order chi connectivity index (χ1) is 14.6. The molecule has 0 atom stereocenters. The molecule has 0 spiro atoms. The molecule has 0 radical (unpaired) electrons. The lowest BCUT2D eigenvalue weighted by atomic mass is 10.3. The molecule has 0 aliphatic heterocycles. The van der Waals surface area contributed by atoms with E-state index >= 15 is 0 Å². The van der Waals surface area contributed by atoms with Crippen molar-refractivity contribution in [2.45, 2.75) is 5.16 Å². The van der Waals surface area contributed by atoms with Gasteiger partial charge in [-0.15, -0.1) is 11.3 Å². The number of amides is 1. The molecule has 0 unspecified atom stereocenters. The summed E-state index contributed by atoms with van der Waals surface area (Å²) >= 11 is 2.46. The zero-order chi connectivity index (χ0) is 21.1. The third kappa shape index (κ3) is 4.07. The Morgan fingerprint density at radius 3 is 2.73 bits per heavy atom. The Morgan fingerprint density at radius 2 is 1.97 bits per heavy atom. The first-order valence-electron chi connectivity index (χ1n) is 8.88. The fourth-order valence-electron chi connectivity index (χ4n) is 2.88. The fourth-order valence-corrected chi connectivity index (χ4v) is 4.44. The summed E-state index contributed by atoms with van der Waals surface area (Å²) in [6.07, 6.45) is 0. The van der Waals surface area contributed by atoms with Crippen LogP contribution in [0.3, 0.4) is 0 Å². The summed E-state index contributed by atoms with van der Waals surface area (Å²) < 4.78 is 20.4. The van der Waals surface area contributed by atoms with Crippen LogP contribution in [-0.4, -0.2) is 28.3 Å². The van der Waals surface area contributed by atoms with Gasteiger partial charge in [-0.2, -0.15) is 0 Å². The van der Waals surface area contributed by atoms with Crippen LogP contribution in [0, 0.1) is 5.82 Å². The second kappa shape index (κ2) is 8.68. The van der Waals surface area contributed by atoms with Crippen LogP contribution in [0.2, 0.25) is 0 Å². The number of nitrogens with zero attached hydrogens (tertiary/aromatic N) is 2. The van der Waals surface area contributed by atoms with Crippen LogP contribution >= 0.6 is 23.1 Å². The maximum absolute atomic E-state index is 13.2. The zero-order valence-electron chi connectivity index (χ0n) is 15.8. The largest absolute Gasteiger partial charge is 0.495 e. The lowest BCUT2D eigenvalue weighted by Crippen LogP contribution is -2.22. The number of hydrogen-bond acceptors (Lipinski definition) is 6. The smallest absolute Gasteiger partial charge is 0.276 e. The van der Waals surface area contributed by atoms with Gasteiger partial charge < -0.3 is 10.1 Å². The summed E-state index contributed by atoms with van der Waals surface area (Å²) in [5.74, 6) is -0.126. The molecule has 4 aromatic rings. The molecule has 152 valence electrons. The summed E-state index contributed by atoms with van der Waals surface area (Å²) in [5, 5.41) is 4.89. The summed E-state index contributed by atoms with van der Waals surface area (Å²) in [7, 11) is 1.53. The number of aromatic nitrogens is 2. The number of ether oxygens (including phenoxy) is 1. The van der Waals surface area contributed by atoms with Crippen LogP contribution in [0.4, 0.5) is 10.1 Å². The minimum absolute atomic E-state index is 0.0224. The van der Waals surface area contributed by atoms with Gasteiger partial charge in [0.05, 0.1) is 24.1 Å².